The number of carbonyl (C=O) groups is 2. The van der Waals surface area contributed by atoms with E-state index < -0.39 is 0 Å². The number of benzene rings is 1. The first-order chi connectivity index (χ1) is 9.95. The Labute approximate surface area is 125 Å². The Bertz CT molecular complexity index is 507. The van der Waals surface area contributed by atoms with E-state index >= 15 is 0 Å². The molecule has 0 radical (unpaired) electrons. The van der Waals surface area contributed by atoms with Crippen LogP contribution >= 0.6 is 0 Å². The van der Waals surface area contributed by atoms with Crippen molar-refractivity contribution in [1.82, 2.24) is 5.32 Å². The van der Waals surface area contributed by atoms with Gasteiger partial charge in [0, 0.05) is 24.1 Å². The molecule has 2 unspecified atom stereocenters. The minimum atomic E-state index is -0.141. The van der Waals surface area contributed by atoms with Crippen molar-refractivity contribution < 1.29 is 9.59 Å². The van der Waals surface area contributed by atoms with E-state index in [1.54, 1.807) is 0 Å². The van der Waals surface area contributed by atoms with Crippen LogP contribution in [0.3, 0.4) is 0 Å². The van der Waals surface area contributed by atoms with Crippen molar-refractivity contribution in [3.05, 3.63) is 29.8 Å². The number of carbonyl (C=O) groups excluding carboxylic acids is 2. The Morgan fingerprint density at radius 1 is 1.24 bits per heavy atom. The quantitative estimate of drug-likeness (QED) is 0.748. The topological polar surface area (TPSA) is 84.2 Å². The predicted octanol–water partition coefficient (Wildman–Crippen LogP) is 1.95. The fourth-order valence-corrected chi connectivity index (χ4v) is 2.12. The van der Waals surface area contributed by atoms with Crippen molar-refractivity contribution in [2.75, 3.05) is 5.32 Å². The minimum Gasteiger partial charge on any atom is -0.350 e. The van der Waals surface area contributed by atoms with Crippen molar-refractivity contribution in [3.63, 3.8) is 0 Å². The molecule has 0 aliphatic heterocycles. The van der Waals surface area contributed by atoms with E-state index in [4.69, 9.17) is 5.73 Å². The van der Waals surface area contributed by atoms with Crippen LogP contribution in [-0.4, -0.2) is 17.9 Å². The molecular weight excluding hydrogens is 266 g/mol. The van der Waals surface area contributed by atoms with Gasteiger partial charge >= 0.3 is 0 Å². The van der Waals surface area contributed by atoms with Gasteiger partial charge in [-0.25, -0.2) is 0 Å². The Kier molecular flexibility index (Phi) is 4.96. The molecule has 2 amide bonds. The third-order valence-electron chi connectivity index (χ3n) is 3.51. The van der Waals surface area contributed by atoms with Crippen LogP contribution in [0, 0.1) is 5.92 Å². The molecule has 1 aliphatic carbocycles. The summed E-state index contributed by atoms with van der Waals surface area (Å²) in [5.74, 6) is 0.241. The van der Waals surface area contributed by atoms with Gasteiger partial charge in [-0.1, -0.05) is 12.1 Å². The van der Waals surface area contributed by atoms with E-state index in [1.165, 1.54) is 0 Å². The van der Waals surface area contributed by atoms with Crippen LogP contribution < -0.4 is 16.4 Å². The average molecular weight is 289 g/mol. The molecule has 1 saturated carbocycles. The van der Waals surface area contributed by atoms with Crippen molar-refractivity contribution >= 4 is 17.5 Å². The minimum absolute atomic E-state index is 0.0522. The number of nitrogens with two attached hydrogens (primary N) is 1. The first-order valence-electron chi connectivity index (χ1n) is 7.41. The van der Waals surface area contributed by atoms with E-state index in [0.717, 1.165) is 24.1 Å². The molecule has 0 aromatic heterocycles. The van der Waals surface area contributed by atoms with Gasteiger partial charge in [0.15, 0.2) is 0 Å². The van der Waals surface area contributed by atoms with Crippen LogP contribution in [0.4, 0.5) is 5.69 Å². The zero-order valence-electron chi connectivity index (χ0n) is 12.6. The molecule has 21 heavy (non-hydrogen) atoms. The van der Waals surface area contributed by atoms with E-state index in [0.29, 0.717) is 6.42 Å². The summed E-state index contributed by atoms with van der Waals surface area (Å²) in [4.78, 5) is 23.3. The van der Waals surface area contributed by atoms with Crippen molar-refractivity contribution in [2.24, 2.45) is 11.7 Å². The van der Waals surface area contributed by atoms with Gasteiger partial charge in [-0.3, -0.25) is 9.59 Å². The molecule has 1 fully saturated rings. The maximum absolute atomic E-state index is 11.7. The molecule has 0 heterocycles. The fraction of sp³-hybridized carbons (Fsp3) is 0.500. The Hall–Kier alpha value is -1.88. The zero-order valence-corrected chi connectivity index (χ0v) is 12.6. The molecule has 2 atom stereocenters. The maximum atomic E-state index is 11.7. The molecule has 1 aromatic carbocycles. The summed E-state index contributed by atoms with van der Waals surface area (Å²) in [5, 5.41) is 5.80. The van der Waals surface area contributed by atoms with Crippen molar-refractivity contribution in [2.45, 2.75) is 45.2 Å². The normalized spacial score (nSPS) is 16.9. The maximum Gasteiger partial charge on any atom is 0.227 e. The van der Waals surface area contributed by atoms with Gasteiger partial charge in [0.25, 0.3) is 0 Å². The fourth-order valence-electron chi connectivity index (χ4n) is 2.12. The Balaban J connectivity index is 1.88. The second-order valence-corrected chi connectivity index (χ2v) is 5.86. The number of anilines is 1. The first kappa shape index (κ1) is 15.5. The molecule has 114 valence electrons. The van der Waals surface area contributed by atoms with Crippen molar-refractivity contribution in [3.8, 4) is 0 Å². The first-order valence-corrected chi connectivity index (χ1v) is 7.41. The lowest BCUT2D eigenvalue weighted by atomic mass is 10.1. The third-order valence-corrected chi connectivity index (χ3v) is 3.51. The van der Waals surface area contributed by atoms with Crippen LogP contribution in [0.2, 0.25) is 0 Å². The largest absolute Gasteiger partial charge is 0.350 e. The standard InChI is InChI=1S/C16H23N3O2/c1-10(17)9-15(20)18-11(2)12-5-7-14(8-6-12)19-16(21)13-3-4-13/h5-8,10-11,13H,3-4,9,17H2,1-2H3,(H,18,20)(H,19,21). The van der Waals surface area contributed by atoms with E-state index in [1.807, 2.05) is 38.1 Å². The highest BCUT2D eigenvalue weighted by atomic mass is 16.2. The lowest BCUT2D eigenvalue weighted by Gasteiger charge is -2.16. The number of nitrogens with one attached hydrogen (secondary N) is 2. The van der Waals surface area contributed by atoms with Crippen LogP contribution in [0.25, 0.3) is 0 Å². The van der Waals surface area contributed by atoms with Crippen LogP contribution in [0.5, 0.6) is 0 Å². The van der Waals surface area contributed by atoms with Gasteiger partial charge < -0.3 is 16.4 Å². The summed E-state index contributed by atoms with van der Waals surface area (Å²) in [6.45, 7) is 3.73. The van der Waals surface area contributed by atoms with Crippen LogP contribution in [-0.2, 0) is 9.59 Å². The second-order valence-electron chi connectivity index (χ2n) is 5.86. The molecule has 0 bridgehead atoms. The van der Waals surface area contributed by atoms with Gasteiger partial charge in [-0.15, -0.1) is 0 Å². The number of hydrogen-bond donors (Lipinski definition) is 3. The number of hydrogen-bond acceptors (Lipinski definition) is 3. The summed E-state index contributed by atoms with van der Waals surface area (Å²) < 4.78 is 0. The van der Waals surface area contributed by atoms with Crippen LogP contribution in [0.1, 0.15) is 44.7 Å². The molecular formula is C16H23N3O2. The highest BCUT2D eigenvalue weighted by molar-refractivity contribution is 5.94. The van der Waals surface area contributed by atoms with Gasteiger partial charge in [0.2, 0.25) is 11.8 Å². The van der Waals surface area contributed by atoms with Gasteiger partial charge in [-0.2, -0.15) is 0 Å². The monoisotopic (exact) mass is 289 g/mol. The van der Waals surface area contributed by atoms with Crippen LogP contribution in [0.15, 0.2) is 24.3 Å². The van der Waals surface area contributed by atoms with Gasteiger partial charge in [-0.05, 0) is 44.4 Å². The zero-order chi connectivity index (χ0) is 15.4. The average Bonchev–Trinajstić information content (AvgIpc) is 3.22. The second kappa shape index (κ2) is 6.72. The van der Waals surface area contributed by atoms with Crippen molar-refractivity contribution in [1.29, 1.82) is 0 Å². The van der Waals surface area contributed by atoms with E-state index in [-0.39, 0.29) is 29.8 Å². The molecule has 4 N–H and O–H groups in total. The van der Waals surface area contributed by atoms with Gasteiger partial charge in [0.1, 0.15) is 0 Å². The molecule has 1 aliphatic rings. The Morgan fingerprint density at radius 2 is 1.86 bits per heavy atom. The highest BCUT2D eigenvalue weighted by Gasteiger charge is 2.29. The molecule has 5 nitrogen and oxygen atoms in total. The smallest absolute Gasteiger partial charge is 0.227 e. The lowest BCUT2D eigenvalue weighted by Crippen LogP contribution is -2.31. The number of amides is 2. The summed E-state index contributed by atoms with van der Waals surface area (Å²) in [7, 11) is 0. The lowest BCUT2D eigenvalue weighted by molar-refractivity contribution is -0.122. The summed E-state index contributed by atoms with van der Waals surface area (Å²) in [6, 6.07) is 7.34. The molecule has 0 spiro atoms. The molecule has 1 aromatic rings. The molecule has 5 heteroatoms. The summed E-state index contributed by atoms with van der Waals surface area (Å²) in [6.07, 6.45) is 2.30. The SMILES string of the molecule is CC(N)CC(=O)NC(C)c1ccc(NC(=O)C2CC2)cc1. The summed E-state index contributed by atoms with van der Waals surface area (Å²) in [5.41, 5.74) is 7.40. The number of rotatable bonds is 6. The highest BCUT2D eigenvalue weighted by Crippen LogP contribution is 2.30. The van der Waals surface area contributed by atoms with Gasteiger partial charge in [0.05, 0.1) is 6.04 Å². The summed E-state index contributed by atoms with van der Waals surface area (Å²) >= 11 is 0. The molecule has 0 saturated heterocycles. The van der Waals surface area contributed by atoms with E-state index in [2.05, 4.69) is 10.6 Å². The predicted molar refractivity (Wildman–Crippen MR) is 82.6 cm³/mol. The molecule has 2 rings (SSSR count). The van der Waals surface area contributed by atoms with E-state index in [9.17, 15) is 9.59 Å². The third kappa shape index (κ3) is 4.86. The Morgan fingerprint density at radius 3 is 2.38 bits per heavy atom.